The van der Waals surface area contributed by atoms with Gasteiger partial charge in [0.15, 0.2) is 10.8 Å². The molecule has 8 heteroatoms. The first-order chi connectivity index (χ1) is 8.00. The van der Waals surface area contributed by atoms with Crippen LogP contribution < -0.4 is 5.32 Å². The van der Waals surface area contributed by atoms with Crippen LogP contribution in [0.1, 0.15) is 15.4 Å². The van der Waals surface area contributed by atoms with Gasteiger partial charge < -0.3 is 15.2 Å². The average Bonchev–Trinajstić information content (AvgIpc) is 2.59. The number of carbonyl (C=O) groups is 1. The lowest BCUT2D eigenvalue weighted by Gasteiger charge is -2.03. The van der Waals surface area contributed by atoms with E-state index in [-0.39, 0.29) is 12.3 Å². The van der Waals surface area contributed by atoms with E-state index in [0.29, 0.717) is 16.6 Å². The minimum atomic E-state index is -2.48. The number of aromatic carboxylic acids is 1. The maximum Gasteiger partial charge on any atom is 0.355 e. The Bertz CT molecular complexity index is 384. The molecule has 0 bridgehead atoms. The SMILES string of the molecule is Cc1sc(NCCOCC(F)F)nc1C(=O)O. The molecule has 96 valence electrons. The highest BCUT2D eigenvalue weighted by Crippen LogP contribution is 2.21. The van der Waals surface area contributed by atoms with Crippen LogP contribution in [0.15, 0.2) is 0 Å². The molecule has 0 saturated carbocycles. The molecule has 1 rings (SSSR count). The molecule has 0 amide bonds. The van der Waals surface area contributed by atoms with Crippen molar-refractivity contribution in [2.75, 3.05) is 25.1 Å². The fraction of sp³-hybridized carbons (Fsp3) is 0.556. The molecule has 1 aromatic rings. The van der Waals surface area contributed by atoms with E-state index < -0.39 is 19.0 Å². The monoisotopic (exact) mass is 266 g/mol. The number of anilines is 1. The molecule has 0 radical (unpaired) electrons. The highest BCUT2D eigenvalue weighted by Gasteiger charge is 2.13. The van der Waals surface area contributed by atoms with Gasteiger partial charge >= 0.3 is 5.97 Å². The topological polar surface area (TPSA) is 71.5 Å². The molecule has 0 aliphatic carbocycles. The number of ether oxygens (including phenoxy) is 1. The molecule has 0 aliphatic heterocycles. The Morgan fingerprint density at radius 1 is 1.65 bits per heavy atom. The molecule has 1 aromatic heterocycles. The maximum absolute atomic E-state index is 11.7. The highest BCUT2D eigenvalue weighted by atomic mass is 32.1. The number of nitrogens with one attached hydrogen (secondary N) is 1. The van der Waals surface area contributed by atoms with Crippen molar-refractivity contribution in [1.82, 2.24) is 4.98 Å². The van der Waals surface area contributed by atoms with Gasteiger partial charge in [0.05, 0.1) is 6.61 Å². The van der Waals surface area contributed by atoms with Crippen LogP contribution in [0.25, 0.3) is 0 Å². The lowest BCUT2D eigenvalue weighted by molar-refractivity contribution is 0.0215. The number of aromatic nitrogens is 1. The van der Waals surface area contributed by atoms with Crippen molar-refractivity contribution in [3.63, 3.8) is 0 Å². The van der Waals surface area contributed by atoms with Crippen LogP contribution in [0.4, 0.5) is 13.9 Å². The van der Waals surface area contributed by atoms with E-state index >= 15 is 0 Å². The smallest absolute Gasteiger partial charge is 0.355 e. The summed E-state index contributed by atoms with van der Waals surface area (Å²) in [7, 11) is 0. The number of carboxylic acids is 1. The van der Waals surface area contributed by atoms with Gasteiger partial charge in [-0.15, -0.1) is 11.3 Å². The standard InChI is InChI=1S/C9H12F2N2O3S/c1-5-7(8(14)15)13-9(17-5)12-2-3-16-4-6(10)11/h6H,2-4H2,1H3,(H,12,13)(H,14,15). The quantitative estimate of drug-likeness (QED) is 0.737. The summed E-state index contributed by atoms with van der Waals surface area (Å²) in [5, 5.41) is 12.0. The third kappa shape index (κ3) is 4.61. The van der Waals surface area contributed by atoms with Crippen LogP contribution in [0.3, 0.4) is 0 Å². The number of nitrogens with zero attached hydrogens (tertiary/aromatic N) is 1. The van der Waals surface area contributed by atoms with Crippen molar-refractivity contribution in [2.45, 2.75) is 13.3 Å². The summed E-state index contributed by atoms with van der Waals surface area (Å²) in [6.07, 6.45) is -2.48. The maximum atomic E-state index is 11.7. The molecule has 2 N–H and O–H groups in total. The first-order valence-electron chi connectivity index (χ1n) is 4.81. The zero-order valence-corrected chi connectivity index (χ0v) is 9.89. The van der Waals surface area contributed by atoms with Crippen molar-refractivity contribution < 1.29 is 23.4 Å². The Morgan fingerprint density at radius 3 is 2.88 bits per heavy atom. The Balaban J connectivity index is 2.32. The van der Waals surface area contributed by atoms with Crippen LogP contribution in [-0.2, 0) is 4.74 Å². The van der Waals surface area contributed by atoms with Crippen LogP contribution in [0, 0.1) is 6.92 Å². The predicted molar refractivity (Wildman–Crippen MR) is 59.1 cm³/mol. The number of alkyl halides is 2. The fourth-order valence-electron chi connectivity index (χ4n) is 1.07. The van der Waals surface area contributed by atoms with Gasteiger partial charge in [-0.2, -0.15) is 0 Å². The Kier molecular flexibility index (Phi) is 5.23. The molecule has 1 heterocycles. The summed E-state index contributed by atoms with van der Waals surface area (Å²) in [5.41, 5.74) is 0.00555. The minimum Gasteiger partial charge on any atom is -0.476 e. The lowest BCUT2D eigenvalue weighted by atomic mass is 10.4. The van der Waals surface area contributed by atoms with E-state index in [1.54, 1.807) is 6.92 Å². The summed E-state index contributed by atoms with van der Waals surface area (Å²) >= 11 is 1.20. The highest BCUT2D eigenvalue weighted by molar-refractivity contribution is 7.15. The Morgan fingerprint density at radius 2 is 2.35 bits per heavy atom. The number of carboxylic acid groups (broad SMARTS) is 1. The molecule has 0 unspecified atom stereocenters. The number of hydrogen-bond donors (Lipinski definition) is 2. The molecule has 0 spiro atoms. The summed E-state index contributed by atoms with van der Waals surface area (Å²) < 4.78 is 28.1. The van der Waals surface area contributed by atoms with E-state index in [2.05, 4.69) is 15.0 Å². The first kappa shape index (κ1) is 13.8. The Hall–Kier alpha value is -1.28. The molecule has 0 saturated heterocycles. The second kappa shape index (κ2) is 6.45. The summed E-state index contributed by atoms with van der Waals surface area (Å²) in [6.45, 7) is 1.47. The van der Waals surface area contributed by atoms with Crippen LogP contribution in [0.2, 0.25) is 0 Å². The second-order valence-corrected chi connectivity index (χ2v) is 4.32. The normalized spacial score (nSPS) is 10.8. The van der Waals surface area contributed by atoms with Gasteiger partial charge in [-0.05, 0) is 6.92 Å². The van der Waals surface area contributed by atoms with E-state index in [1.165, 1.54) is 11.3 Å². The lowest BCUT2D eigenvalue weighted by Crippen LogP contribution is -2.13. The number of aryl methyl sites for hydroxylation is 1. The first-order valence-corrected chi connectivity index (χ1v) is 5.63. The van der Waals surface area contributed by atoms with E-state index in [4.69, 9.17) is 5.11 Å². The largest absolute Gasteiger partial charge is 0.476 e. The van der Waals surface area contributed by atoms with Gasteiger partial charge in [-0.3, -0.25) is 0 Å². The number of hydrogen-bond acceptors (Lipinski definition) is 5. The van der Waals surface area contributed by atoms with Crippen LogP contribution >= 0.6 is 11.3 Å². The fourth-order valence-corrected chi connectivity index (χ4v) is 1.90. The predicted octanol–water partition coefficient (Wildman–Crippen LogP) is 1.84. The molecular formula is C9H12F2N2O3S. The van der Waals surface area contributed by atoms with Crippen molar-refractivity contribution in [3.8, 4) is 0 Å². The summed E-state index contributed by atoms with van der Waals surface area (Å²) in [4.78, 5) is 15.1. The zero-order chi connectivity index (χ0) is 12.8. The van der Waals surface area contributed by atoms with Crippen molar-refractivity contribution in [1.29, 1.82) is 0 Å². The second-order valence-electron chi connectivity index (χ2n) is 3.12. The van der Waals surface area contributed by atoms with E-state index in [1.807, 2.05) is 0 Å². The van der Waals surface area contributed by atoms with Gasteiger partial charge in [-0.25, -0.2) is 18.6 Å². The van der Waals surface area contributed by atoms with Crippen molar-refractivity contribution >= 4 is 22.4 Å². The van der Waals surface area contributed by atoms with Crippen LogP contribution in [0.5, 0.6) is 0 Å². The zero-order valence-electron chi connectivity index (χ0n) is 9.07. The summed E-state index contributed by atoms with van der Waals surface area (Å²) in [5.74, 6) is -1.08. The van der Waals surface area contributed by atoms with Crippen LogP contribution in [-0.4, -0.2) is 42.2 Å². The molecule has 0 atom stereocenters. The van der Waals surface area contributed by atoms with Gasteiger partial charge in [0.2, 0.25) is 0 Å². The molecule has 5 nitrogen and oxygen atoms in total. The third-order valence-electron chi connectivity index (χ3n) is 1.77. The molecule has 17 heavy (non-hydrogen) atoms. The van der Waals surface area contributed by atoms with Gasteiger partial charge in [0, 0.05) is 11.4 Å². The number of thiazole rings is 1. The number of rotatable bonds is 7. The Labute approximate surface area is 100 Å². The van der Waals surface area contributed by atoms with E-state index in [9.17, 15) is 13.6 Å². The third-order valence-corrected chi connectivity index (χ3v) is 2.69. The number of halogens is 2. The van der Waals surface area contributed by atoms with E-state index in [0.717, 1.165) is 0 Å². The molecule has 0 aromatic carbocycles. The molecular weight excluding hydrogens is 254 g/mol. The minimum absolute atomic E-state index is 0.00555. The van der Waals surface area contributed by atoms with Gasteiger partial charge in [0.1, 0.15) is 6.61 Å². The molecule has 0 fully saturated rings. The van der Waals surface area contributed by atoms with Crippen molar-refractivity contribution in [3.05, 3.63) is 10.6 Å². The molecule has 0 aliphatic rings. The summed E-state index contributed by atoms with van der Waals surface area (Å²) in [6, 6.07) is 0. The van der Waals surface area contributed by atoms with Gasteiger partial charge in [-0.1, -0.05) is 0 Å². The average molecular weight is 266 g/mol. The van der Waals surface area contributed by atoms with Gasteiger partial charge in [0.25, 0.3) is 6.43 Å². The van der Waals surface area contributed by atoms with Crippen molar-refractivity contribution in [2.24, 2.45) is 0 Å².